The second-order valence-corrected chi connectivity index (χ2v) is 5.91. The van der Waals surface area contributed by atoms with Gasteiger partial charge in [-0.3, -0.25) is 4.98 Å². The highest BCUT2D eigenvalue weighted by Crippen LogP contribution is 2.29. The molecule has 1 aliphatic carbocycles. The maximum absolute atomic E-state index is 4.36. The van der Waals surface area contributed by atoms with E-state index in [0.717, 1.165) is 12.6 Å². The zero-order chi connectivity index (χ0) is 13.1. The molecule has 1 aliphatic heterocycles. The standard InChI is InChI=1S/C16H25N3/c1-2-15-5-3-4-10-19(15)16-12-17-9-8-13(16)11-18-14-6-7-14/h8-9,12,14-15,18H,2-7,10-11H2,1H3. The Kier molecular flexibility index (Phi) is 4.02. The van der Waals surface area contributed by atoms with Crippen LogP contribution in [0.15, 0.2) is 18.5 Å². The van der Waals surface area contributed by atoms with Gasteiger partial charge in [0.1, 0.15) is 0 Å². The van der Waals surface area contributed by atoms with Crippen molar-refractivity contribution in [3.8, 4) is 0 Å². The van der Waals surface area contributed by atoms with Crippen molar-refractivity contribution in [1.29, 1.82) is 0 Å². The van der Waals surface area contributed by atoms with Crippen molar-refractivity contribution >= 4 is 5.69 Å². The summed E-state index contributed by atoms with van der Waals surface area (Å²) in [6.07, 6.45) is 12.0. The molecule has 3 rings (SSSR count). The van der Waals surface area contributed by atoms with Gasteiger partial charge in [-0.2, -0.15) is 0 Å². The van der Waals surface area contributed by atoms with Crippen LogP contribution in [0.5, 0.6) is 0 Å². The van der Waals surface area contributed by atoms with E-state index in [9.17, 15) is 0 Å². The Morgan fingerprint density at radius 3 is 3.00 bits per heavy atom. The van der Waals surface area contributed by atoms with Crippen molar-refractivity contribution in [2.24, 2.45) is 0 Å². The van der Waals surface area contributed by atoms with E-state index in [2.05, 4.69) is 34.4 Å². The second kappa shape index (κ2) is 5.91. The molecule has 3 nitrogen and oxygen atoms in total. The Bertz CT molecular complexity index is 414. The molecule has 1 aromatic rings. The highest BCUT2D eigenvalue weighted by atomic mass is 15.2. The molecule has 0 radical (unpaired) electrons. The number of hydrogen-bond acceptors (Lipinski definition) is 3. The van der Waals surface area contributed by atoms with Crippen LogP contribution in [0.1, 0.15) is 51.0 Å². The molecule has 1 atom stereocenters. The average Bonchev–Trinajstić information content (AvgIpc) is 3.29. The summed E-state index contributed by atoms with van der Waals surface area (Å²) in [6, 6.07) is 3.66. The van der Waals surface area contributed by atoms with E-state index in [-0.39, 0.29) is 0 Å². The Labute approximate surface area is 116 Å². The van der Waals surface area contributed by atoms with Gasteiger partial charge < -0.3 is 10.2 Å². The third-order valence-electron chi connectivity index (χ3n) is 4.45. The van der Waals surface area contributed by atoms with E-state index >= 15 is 0 Å². The Morgan fingerprint density at radius 2 is 2.21 bits per heavy atom. The van der Waals surface area contributed by atoms with Crippen molar-refractivity contribution in [2.75, 3.05) is 11.4 Å². The van der Waals surface area contributed by atoms with E-state index in [0.29, 0.717) is 6.04 Å². The van der Waals surface area contributed by atoms with Crippen LogP contribution >= 0.6 is 0 Å². The summed E-state index contributed by atoms with van der Waals surface area (Å²) < 4.78 is 0. The largest absolute Gasteiger partial charge is 0.367 e. The lowest BCUT2D eigenvalue weighted by atomic mass is 9.98. The number of nitrogens with one attached hydrogen (secondary N) is 1. The van der Waals surface area contributed by atoms with E-state index in [4.69, 9.17) is 0 Å². The number of hydrogen-bond donors (Lipinski definition) is 1. The minimum Gasteiger partial charge on any atom is -0.367 e. The molecule has 19 heavy (non-hydrogen) atoms. The molecule has 0 bridgehead atoms. The van der Waals surface area contributed by atoms with Crippen LogP contribution in [0, 0.1) is 0 Å². The Hall–Kier alpha value is -1.09. The molecule has 2 aliphatic rings. The molecular formula is C16H25N3. The lowest BCUT2D eigenvalue weighted by Gasteiger charge is -2.38. The van der Waals surface area contributed by atoms with Gasteiger partial charge in [-0.15, -0.1) is 0 Å². The maximum Gasteiger partial charge on any atom is 0.0600 e. The molecule has 0 spiro atoms. The molecule has 3 heteroatoms. The van der Waals surface area contributed by atoms with Crippen molar-refractivity contribution < 1.29 is 0 Å². The minimum atomic E-state index is 0.706. The topological polar surface area (TPSA) is 28.2 Å². The molecule has 0 amide bonds. The second-order valence-electron chi connectivity index (χ2n) is 5.91. The van der Waals surface area contributed by atoms with Gasteiger partial charge in [-0.1, -0.05) is 6.92 Å². The van der Waals surface area contributed by atoms with Gasteiger partial charge >= 0.3 is 0 Å². The highest BCUT2D eigenvalue weighted by Gasteiger charge is 2.24. The molecule has 1 unspecified atom stereocenters. The molecule has 104 valence electrons. The predicted molar refractivity (Wildman–Crippen MR) is 79.4 cm³/mol. The fourth-order valence-corrected chi connectivity index (χ4v) is 3.11. The molecule has 2 fully saturated rings. The van der Waals surface area contributed by atoms with Gasteiger partial charge in [-0.25, -0.2) is 0 Å². The third kappa shape index (κ3) is 3.08. The summed E-state index contributed by atoms with van der Waals surface area (Å²) in [7, 11) is 0. The lowest BCUT2D eigenvalue weighted by molar-refractivity contribution is 0.448. The van der Waals surface area contributed by atoms with Crippen LogP contribution in [0.4, 0.5) is 5.69 Å². The quantitative estimate of drug-likeness (QED) is 0.880. The first kappa shape index (κ1) is 12.9. The SMILES string of the molecule is CCC1CCCCN1c1cnccc1CNC1CC1. The van der Waals surface area contributed by atoms with Crippen LogP contribution in [0.25, 0.3) is 0 Å². The molecule has 1 saturated carbocycles. The smallest absolute Gasteiger partial charge is 0.0600 e. The van der Waals surface area contributed by atoms with Gasteiger partial charge in [-0.05, 0) is 50.2 Å². The predicted octanol–water partition coefficient (Wildman–Crippen LogP) is 3.10. The summed E-state index contributed by atoms with van der Waals surface area (Å²) in [5.74, 6) is 0. The Morgan fingerprint density at radius 1 is 1.32 bits per heavy atom. The van der Waals surface area contributed by atoms with Crippen LogP contribution in [-0.2, 0) is 6.54 Å². The van der Waals surface area contributed by atoms with Gasteiger partial charge in [0.05, 0.1) is 11.9 Å². The molecule has 1 N–H and O–H groups in total. The molecule has 0 aromatic carbocycles. The van der Waals surface area contributed by atoms with Crippen molar-refractivity contribution in [3.63, 3.8) is 0 Å². The van der Waals surface area contributed by atoms with E-state index < -0.39 is 0 Å². The monoisotopic (exact) mass is 259 g/mol. The molecule has 2 heterocycles. The number of rotatable bonds is 5. The molecule has 1 aromatic heterocycles. The first-order valence-corrected chi connectivity index (χ1v) is 7.81. The van der Waals surface area contributed by atoms with Gasteiger partial charge in [0, 0.05) is 31.4 Å². The highest BCUT2D eigenvalue weighted by molar-refractivity contribution is 5.53. The van der Waals surface area contributed by atoms with Crippen LogP contribution in [-0.4, -0.2) is 23.6 Å². The number of nitrogens with zero attached hydrogens (tertiary/aromatic N) is 2. The van der Waals surface area contributed by atoms with E-state index in [1.807, 2.05) is 6.20 Å². The normalized spacial score (nSPS) is 23.6. The number of anilines is 1. The lowest BCUT2D eigenvalue weighted by Crippen LogP contribution is -2.40. The summed E-state index contributed by atoms with van der Waals surface area (Å²) >= 11 is 0. The average molecular weight is 259 g/mol. The summed E-state index contributed by atoms with van der Waals surface area (Å²) in [4.78, 5) is 6.96. The zero-order valence-corrected chi connectivity index (χ0v) is 11.9. The first-order chi connectivity index (χ1) is 9.38. The summed E-state index contributed by atoms with van der Waals surface area (Å²) in [5.41, 5.74) is 2.78. The first-order valence-electron chi connectivity index (χ1n) is 7.81. The summed E-state index contributed by atoms with van der Waals surface area (Å²) in [5, 5.41) is 3.63. The fourth-order valence-electron chi connectivity index (χ4n) is 3.11. The van der Waals surface area contributed by atoms with E-state index in [1.165, 1.54) is 56.3 Å². The maximum atomic E-state index is 4.36. The van der Waals surface area contributed by atoms with Gasteiger partial charge in [0.2, 0.25) is 0 Å². The van der Waals surface area contributed by atoms with Crippen LogP contribution in [0.2, 0.25) is 0 Å². The Balaban J connectivity index is 1.76. The van der Waals surface area contributed by atoms with Gasteiger partial charge in [0.15, 0.2) is 0 Å². The fraction of sp³-hybridized carbons (Fsp3) is 0.688. The number of aromatic nitrogens is 1. The van der Waals surface area contributed by atoms with Crippen LogP contribution in [0.3, 0.4) is 0 Å². The summed E-state index contributed by atoms with van der Waals surface area (Å²) in [6.45, 7) is 4.50. The van der Waals surface area contributed by atoms with Gasteiger partial charge in [0.25, 0.3) is 0 Å². The molecular weight excluding hydrogens is 234 g/mol. The van der Waals surface area contributed by atoms with Crippen molar-refractivity contribution in [2.45, 2.75) is 64.1 Å². The third-order valence-corrected chi connectivity index (χ3v) is 4.45. The van der Waals surface area contributed by atoms with Crippen molar-refractivity contribution in [1.82, 2.24) is 10.3 Å². The number of pyridine rings is 1. The van der Waals surface area contributed by atoms with E-state index in [1.54, 1.807) is 0 Å². The minimum absolute atomic E-state index is 0.706. The zero-order valence-electron chi connectivity index (χ0n) is 11.9. The molecule has 1 saturated heterocycles. The number of piperidine rings is 1. The van der Waals surface area contributed by atoms with Crippen LogP contribution < -0.4 is 10.2 Å². The van der Waals surface area contributed by atoms with Crippen molar-refractivity contribution in [3.05, 3.63) is 24.0 Å².